The summed E-state index contributed by atoms with van der Waals surface area (Å²) in [6.45, 7) is 0.263. The first-order chi connectivity index (χ1) is 7.06. The Labute approximate surface area is 98.8 Å². The van der Waals surface area contributed by atoms with Crippen LogP contribution in [0.5, 0.6) is 0 Å². The fourth-order valence-corrected chi connectivity index (χ4v) is 1.36. The molecule has 0 aliphatic rings. The molecule has 0 aliphatic carbocycles. The lowest BCUT2D eigenvalue weighted by atomic mass is 10.2. The van der Waals surface area contributed by atoms with Crippen LogP contribution in [-0.4, -0.2) is 24.4 Å². The van der Waals surface area contributed by atoms with Crippen molar-refractivity contribution in [2.75, 3.05) is 13.6 Å². The van der Waals surface area contributed by atoms with Crippen LogP contribution in [0.4, 0.5) is 0 Å². The third-order valence-corrected chi connectivity index (χ3v) is 2.58. The molecule has 1 rings (SSSR count). The fourth-order valence-electron chi connectivity index (χ4n) is 1.06. The Morgan fingerprint density at radius 1 is 1.47 bits per heavy atom. The second-order valence-corrected chi connectivity index (χ2v) is 3.81. The molecular weight excluding hydrogens is 233 g/mol. The molecule has 15 heavy (non-hydrogen) atoms. The molecule has 0 bridgehead atoms. The number of amides is 1. The van der Waals surface area contributed by atoms with E-state index in [0.29, 0.717) is 15.6 Å². The van der Waals surface area contributed by atoms with Crippen molar-refractivity contribution in [1.82, 2.24) is 4.90 Å². The van der Waals surface area contributed by atoms with E-state index >= 15 is 0 Å². The van der Waals surface area contributed by atoms with Crippen LogP contribution in [0, 0.1) is 12.3 Å². The number of rotatable bonds is 2. The first-order valence-corrected chi connectivity index (χ1v) is 4.96. The van der Waals surface area contributed by atoms with E-state index in [4.69, 9.17) is 29.6 Å². The molecule has 0 unspecified atom stereocenters. The topological polar surface area (TPSA) is 20.3 Å². The zero-order chi connectivity index (χ0) is 11.4. The fraction of sp³-hybridized carbons (Fsp3) is 0.182. The van der Waals surface area contributed by atoms with Crippen LogP contribution in [0.25, 0.3) is 0 Å². The van der Waals surface area contributed by atoms with Crippen molar-refractivity contribution in [3.63, 3.8) is 0 Å². The molecule has 0 N–H and O–H groups in total. The lowest BCUT2D eigenvalue weighted by Gasteiger charge is -2.13. The van der Waals surface area contributed by atoms with Crippen LogP contribution in [0.3, 0.4) is 0 Å². The van der Waals surface area contributed by atoms with Gasteiger partial charge in [0.25, 0.3) is 5.91 Å². The second kappa shape index (κ2) is 5.06. The first-order valence-electron chi connectivity index (χ1n) is 4.20. The quantitative estimate of drug-likeness (QED) is 0.730. The van der Waals surface area contributed by atoms with Gasteiger partial charge in [0.05, 0.1) is 16.6 Å². The predicted octanol–water partition coefficient (Wildman–Crippen LogP) is 2.70. The number of carbonyl (C=O) groups is 1. The molecule has 0 atom stereocenters. The minimum Gasteiger partial charge on any atom is -0.331 e. The first kappa shape index (κ1) is 11.9. The molecular formula is C11H9Cl2NO. The van der Waals surface area contributed by atoms with Crippen molar-refractivity contribution in [2.24, 2.45) is 0 Å². The number of carbonyl (C=O) groups excluding carboxylic acids is 1. The molecule has 78 valence electrons. The molecule has 0 heterocycles. The van der Waals surface area contributed by atoms with Gasteiger partial charge in [-0.05, 0) is 18.2 Å². The largest absolute Gasteiger partial charge is 0.331 e. The van der Waals surface area contributed by atoms with Crippen LogP contribution in [-0.2, 0) is 0 Å². The number of hydrogen-bond acceptors (Lipinski definition) is 1. The van der Waals surface area contributed by atoms with Gasteiger partial charge < -0.3 is 4.90 Å². The van der Waals surface area contributed by atoms with Gasteiger partial charge in [0.2, 0.25) is 0 Å². The zero-order valence-corrected chi connectivity index (χ0v) is 9.64. The van der Waals surface area contributed by atoms with Gasteiger partial charge in [-0.1, -0.05) is 29.1 Å². The number of hydrogen-bond donors (Lipinski definition) is 0. The Morgan fingerprint density at radius 3 is 2.67 bits per heavy atom. The summed E-state index contributed by atoms with van der Waals surface area (Å²) < 4.78 is 0. The van der Waals surface area contributed by atoms with Crippen molar-refractivity contribution >= 4 is 29.1 Å². The Balaban J connectivity index is 2.93. The van der Waals surface area contributed by atoms with E-state index in [1.165, 1.54) is 11.0 Å². The Morgan fingerprint density at radius 2 is 2.13 bits per heavy atom. The molecule has 0 spiro atoms. The summed E-state index contributed by atoms with van der Waals surface area (Å²) in [5, 5.41) is 0.782. The van der Waals surface area contributed by atoms with Crippen molar-refractivity contribution < 1.29 is 4.79 Å². The van der Waals surface area contributed by atoms with Gasteiger partial charge in [0.1, 0.15) is 0 Å². The molecule has 0 saturated heterocycles. The van der Waals surface area contributed by atoms with E-state index in [0.717, 1.165) is 0 Å². The van der Waals surface area contributed by atoms with Gasteiger partial charge in [-0.2, -0.15) is 0 Å². The molecule has 1 amide bonds. The summed E-state index contributed by atoms with van der Waals surface area (Å²) in [6, 6.07) is 4.73. The Bertz CT molecular complexity index is 423. The number of nitrogens with zero attached hydrogens (tertiary/aromatic N) is 1. The monoisotopic (exact) mass is 241 g/mol. The van der Waals surface area contributed by atoms with Crippen LogP contribution < -0.4 is 0 Å². The molecule has 4 heteroatoms. The summed E-state index contributed by atoms with van der Waals surface area (Å²) in [7, 11) is 1.63. The summed E-state index contributed by atoms with van der Waals surface area (Å²) in [6.07, 6.45) is 5.11. The normalized spacial score (nSPS) is 9.47. The highest BCUT2D eigenvalue weighted by molar-refractivity contribution is 6.42. The highest BCUT2D eigenvalue weighted by Crippen LogP contribution is 2.22. The third kappa shape index (κ3) is 2.89. The maximum Gasteiger partial charge on any atom is 0.254 e. The van der Waals surface area contributed by atoms with Gasteiger partial charge in [-0.25, -0.2) is 0 Å². The predicted molar refractivity (Wildman–Crippen MR) is 62.3 cm³/mol. The molecule has 0 aromatic heterocycles. The highest BCUT2D eigenvalue weighted by atomic mass is 35.5. The standard InChI is InChI=1S/C11H9Cl2NO/c1-3-6-14(2)11(15)8-4-5-9(12)10(13)7-8/h1,4-5,7H,6H2,2H3. The van der Waals surface area contributed by atoms with Crippen molar-refractivity contribution in [1.29, 1.82) is 0 Å². The number of terminal acetylenes is 1. The maximum absolute atomic E-state index is 11.7. The lowest BCUT2D eigenvalue weighted by Crippen LogP contribution is -2.26. The molecule has 0 saturated carbocycles. The van der Waals surface area contributed by atoms with E-state index in [1.54, 1.807) is 19.2 Å². The van der Waals surface area contributed by atoms with Crippen LogP contribution in [0.15, 0.2) is 18.2 Å². The lowest BCUT2D eigenvalue weighted by molar-refractivity contribution is 0.0812. The van der Waals surface area contributed by atoms with Gasteiger partial charge in [0, 0.05) is 12.6 Å². The average Bonchev–Trinajstić information content (AvgIpc) is 2.21. The molecule has 2 nitrogen and oxygen atoms in total. The average molecular weight is 242 g/mol. The van der Waals surface area contributed by atoms with Crippen LogP contribution in [0.2, 0.25) is 10.0 Å². The molecule has 0 aliphatic heterocycles. The summed E-state index contributed by atoms with van der Waals surface area (Å²) >= 11 is 11.5. The van der Waals surface area contributed by atoms with Crippen molar-refractivity contribution in [2.45, 2.75) is 0 Å². The SMILES string of the molecule is C#CCN(C)C(=O)c1ccc(Cl)c(Cl)c1. The molecule has 1 aromatic carbocycles. The minimum absolute atomic E-state index is 0.175. The van der Waals surface area contributed by atoms with Gasteiger partial charge in [0.15, 0.2) is 0 Å². The Hall–Kier alpha value is -1.17. The zero-order valence-electron chi connectivity index (χ0n) is 8.13. The molecule has 1 aromatic rings. The summed E-state index contributed by atoms with van der Waals surface area (Å²) in [5.74, 6) is 2.22. The van der Waals surface area contributed by atoms with Crippen molar-refractivity contribution in [3.8, 4) is 12.3 Å². The Kier molecular flexibility index (Phi) is 4.02. The van der Waals surface area contributed by atoms with Gasteiger partial charge in [-0.3, -0.25) is 4.79 Å². The van der Waals surface area contributed by atoms with Gasteiger partial charge >= 0.3 is 0 Å². The summed E-state index contributed by atoms with van der Waals surface area (Å²) in [4.78, 5) is 13.2. The smallest absolute Gasteiger partial charge is 0.254 e. The number of halogens is 2. The van der Waals surface area contributed by atoms with Crippen LogP contribution >= 0.6 is 23.2 Å². The third-order valence-electron chi connectivity index (χ3n) is 1.84. The number of benzene rings is 1. The maximum atomic E-state index is 11.7. The highest BCUT2D eigenvalue weighted by Gasteiger charge is 2.11. The molecule has 0 radical (unpaired) electrons. The van der Waals surface area contributed by atoms with Crippen LogP contribution in [0.1, 0.15) is 10.4 Å². The second-order valence-electron chi connectivity index (χ2n) is 2.99. The van der Waals surface area contributed by atoms with E-state index < -0.39 is 0 Å². The van der Waals surface area contributed by atoms with E-state index in [2.05, 4.69) is 5.92 Å². The minimum atomic E-state index is -0.175. The van der Waals surface area contributed by atoms with E-state index in [-0.39, 0.29) is 12.5 Å². The van der Waals surface area contributed by atoms with Gasteiger partial charge in [-0.15, -0.1) is 6.42 Å². The van der Waals surface area contributed by atoms with Crippen molar-refractivity contribution in [3.05, 3.63) is 33.8 Å². The summed E-state index contributed by atoms with van der Waals surface area (Å²) in [5.41, 5.74) is 0.474. The van der Waals surface area contributed by atoms with E-state index in [1.807, 2.05) is 0 Å². The molecule has 0 fully saturated rings. The van der Waals surface area contributed by atoms with E-state index in [9.17, 15) is 4.79 Å².